The van der Waals surface area contributed by atoms with Crippen LogP contribution in [-0.4, -0.2) is 63.4 Å². The molecule has 1 aliphatic heterocycles. The van der Waals surface area contributed by atoms with Crippen molar-refractivity contribution in [3.05, 3.63) is 130 Å². The highest BCUT2D eigenvalue weighted by Gasteiger charge is 2.27. The molecule has 0 atom stereocenters. The summed E-state index contributed by atoms with van der Waals surface area (Å²) in [6.45, 7) is 2.97. The lowest BCUT2D eigenvalue weighted by atomic mass is 10.1. The summed E-state index contributed by atoms with van der Waals surface area (Å²) in [5.41, 5.74) is 5.11. The summed E-state index contributed by atoms with van der Waals surface area (Å²) in [5, 5.41) is 4.56. The quantitative estimate of drug-likeness (QED) is 0.173. The molecule has 1 aliphatic rings. The fourth-order valence-electron chi connectivity index (χ4n) is 4.81. The maximum absolute atomic E-state index is 13.6. The largest absolute Gasteiger partial charge is 0.379 e. The van der Waals surface area contributed by atoms with E-state index in [1.165, 1.54) is 69.3 Å². The van der Waals surface area contributed by atoms with Gasteiger partial charge in [-0.1, -0.05) is 48.0 Å². The van der Waals surface area contributed by atoms with Gasteiger partial charge in [-0.2, -0.15) is 13.7 Å². The van der Waals surface area contributed by atoms with Crippen LogP contribution < -0.4 is 5.43 Å². The van der Waals surface area contributed by atoms with E-state index in [2.05, 4.69) is 10.5 Å². The van der Waals surface area contributed by atoms with E-state index >= 15 is 0 Å². The molecule has 0 aliphatic carbocycles. The second-order valence-electron chi connectivity index (χ2n) is 10.7. The summed E-state index contributed by atoms with van der Waals surface area (Å²) in [7, 11) is -7.60. The predicted octanol–water partition coefficient (Wildman–Crippen LogP) is 5.05. The number of hydrogen-bond acceptors (Lipinski definition) is 7. The number of carbonyl (C=O) groups is 1. The zero-order chi connectivity index (χ0) is 33.6. The first-order valence-electron chi connectivity index (χ1n) is 14.6. The van der Waals surface area contributed by atoms with Gasteiger partial charge in [-0.05, 0) is 84.3 Å². The molecular weight excluding hydrogens is 667 g/mol. The lowest BCUT2D eigenvalue weighted by Gasteiger charge is -2.26. The van der Waals surface area contributed by atoms with Crippen molar-refractivity contribution in [2.24, 2.45) is 5.10 Å². The molecule has 14 heteroatoms. The summed E-state index contributed by atoms with van der Waals surface area (Å²) >= 11 is 5.96. The second kappa shape index (κ2) is 14.8. The summed E-state index contributed by atoms with van der Waals surface area (Å²) in [6.07, 6.45) is 0. The Bertz CT molecular complexity index is 1950. The van der Waals surface area contributed by atoms with Crippen molar-refractivity contribution in [2.75, 3.05) is 26.3 Å². The molecule has 1 N–H and O–H groups in total. The summed E-state index contributed by atoms with van der Waals surface area (Å²) < 4.78 is 74.3. The molecule has 0 spiro atoms. The molecule has 0 aromatic heterocycles. The lowest BCUT2D eigenvalue weighted by Crippen LogP contribution is -2.40. The maximum atomic E-state index is 13.6. The van der Waals surface area contributed by atoms with Crippen molar-refractivity contribution in [1.82, 2.24) is 14.0 Å². The average molecular weight is 699 g/mol. The van der Waals surface area contributed by atoms with Crippen LogP contribution in [0.3, 0.4) is 0 Å². The molecule has 0 saturated carbocycles. The zero-order valence-electron chi connectivity index (χ0n) is 25.3. The minimum atomic E-state index is -3.97. The van der Waals surface area contributed by atoms with E-state index in [4.69, 9.17) is 16.3 Å². The van der Waals surface area contributed by atoms with Crippen molar-refractivity contribution in [2.45, 2.75) is 29.8 Å². The van der Waals surface area contributed by atoms with E-state index in [1.54, 1.807) is 43.3 Å². The Balaban J connectivity index is 1.26. The standard InChI is InChI=1S/C33H32ClFN4O6S2/c1-24(27-8-14-31(15-9-27)46(41,42)38-18-20-45-21-19-38)36-37-33(40)28-6-2-25(3-7-28)22-39(23-26-4-12-30(35)13-5-26)47(43,44)32-16-10-29(34)11-17-32/h2-17H,18-23H2,1H3,(H,37,40). The Labute approximate surface area is 278 Å². The van der Waals surface area contributed by atoms with Gasteiger partial charge in [0.05, 0.1) is 28.7 Å². The molecule has 4 aromatic rings. The summed E-state index contributed by atoms with van der Waals surface area (Å²) in [4.78, 5) is 13.1. The number of morpholine rings is 1. The van der Waals surface area contributed by atoms with Crippen molar-refractivity contribution < 1.29 is 30.8 Å². The fourth-order valence-corrected chi connectivity index (χ4v) is 7.76. The fraction of sp³-hybridized carbons (Fsp3) is 0.212. The van der Waals surface area contributed by atoms with E-state index < -0.39 is 31.8 Å². The van der Waals surface area contributed by atoms with Crippen LogP contribution in [0.25, 0.3) is 0 Å². The van der Waals surface area contributed by atoms with Crippen molar-refractivity contribution in [3.63, 3.8) is 0 Å². The van der Waals surface area contributed by atoms with Crippen LogP contribution >= 0.6 is 11.6 Å². The maximum Gasteiger partial charge on any atom is 0.271 e. The van der Waals surface area contributed by atoms with Gasteiger partial charge in [0.2, 0.25) is 20.0 Å². The van der Waals surface area contributed by atoms with Crippen LogP contribution in [0.2, 0.25) is 5.02 Å². The van der Waals surface area contributed by atoms with Crippen LogP contribution in [0.1, 0.15) is 34.0 Å². The molecular formula is C33H32ClFN4O6S2. The molecule has 1 amide bonds. The smallest absolute Gasteiger partial charge is 0.271 e. The van der Waals surface area contributed by atoms with E-state index in [-0.39, 0.29) is 22.9 Å². The Kier molecular flexibility index (Phi) is 10.8. The van der Waals surface area contributed by atoms with Gasteiger partial charge in [-0.15, -0.1) is 0 Å². The first-order chi connectivity index (χ1) is 22.4. The van der Waals surface area contributed by atoms with Gasteiger partial charge in [-0.3, -0.25) is 4.79 Å². The number of nitrogens with one attached hydrogen (secondary N) is 1. The monoisotopic (exact) mass is 698 g/mol. The Morgan fingerprint density at radius 2 is 1.32 bits per heavy atom. The number of hydrazone groups is 1. The molecule has 1 heterocycles. The highest BCUT2D eigenvalue weighted by atomic mass is 35.5. The number of carbonyl (C=O) groups excluding carboxylic acids is 1. The lowest BCUT2D eigenvalue weighted by molar-refractivity contribution is 0.0730. The van der Waals surface area contributed by atoms with Gasteiger partial charge in [0.1, 0.15) is 5.82 Å². The van der Waals surface area contributed by atoms with Gasteiger partial charge < -0.3 is 4.74 Å². The number of nitrogens with zero attached hydrogens (tertiary/aromatic N) is 3. The van der Waals surface area contributed by atoms with Crippen molar-refractivity contribution in [1.29, 1.82) is 0 Å². The highest BCUT2D eigenvalue weighted by Crippen LogP contribution is 2.23. The van der Waals surface area contributed by atoms with Crippen LogP contribution in [0.15, 0.2) is 112 Å². The second-order valence-corrected chi connectivity index (χ2v) is 15.0. The summed E-state index contributed by atoms with van der Waals surface area (Å²) in [6, 6.07) is 24.1. The van der Waals surface area contributed by atoms with Crippen molar-refractivity contribution in [3.8, 4) is 0 Å². The third kappa shape index (κ3) is 8.49. The first kappa shape index (κ1) is 34.4. The number of sulfonamides is 2. The van der Waals surface area contributed by atoms with E-state index in [1.807, 2.05) is 0 Å². The van der Waals surface area contributed by atoms with Crippen LogP contribution in [0.4, 0.5) is 4.39 Å². The first-order valence-corrected chi connectivity index (χ1v) is 17.8. The number of benzene rings is 4. The third-order valence-electron chi connectivity index (χ3n) is 7.50. The Hall–Kier alpha value is -3.98. The van der Waals surface area contributed by atoms with E-state index in [0.29, 0.717) is 59.3 Å². The van der Waals surface area contributed by atoms with E-state index in [9.17, 15) is 26.0 Å². The van der Waals surface area contributed by atoms with Crippen LogP contribution in [0, 0.1) is 5.82 Å². The highest BCUT2D eigenvalue weighted by molar-refractivity contribution is 7.89. The molecule has 5 rings (SSSR count). The molecule has 1 saturated heterocycles. The number of ether oxygens (including phenoxy) is 1. The number of hydrogen-bond donors (Lipinski definition) is 1. The predicted molar refractivity (Wildman–Crippen MR) is 176 cm³/mol. The molecule has 246 valence electrons. The third-order valence-corrected chi connectivity index (χ3v) is 11.5. The molecule has 1 fully saturated rings. The molecule has 0 unspecified atom stereocenters. The SMILES string of the molecule is CC(=NNC(=O)c1ccc(CN(Cc2ccc(F)cc2)S(=O)(=O)c2ccc(Cl)cc2)cc1)c1ccc(S(=O)(=O)N2CCOCC2)cc1. The summed E-state index contributed by atoms with van der Waals surface area (Å²) in [5.74, 6) is -0.915. The number of rotatable bonds is 11. The average Bonchev–Trinajstić information content (AvgIpc) is 3.08. The number of amides is 1. The molecule has 10 nitrogen and oxygen atoms in total. The molecule has 0 bridgehead atoms. The normalized spacial score (nSPS) is 14.7. The zero-order valence-corrected chi connectivity index (χ0v) is 27.7. The minimum absolute atomic E-state index is 0.0123. The van der Waals surface area contributed by atoms with Gasteiger partial charge in [0, 0.05) is 36.8 Å². The molecule has 47 heavy (non-hydrogen) atoms. The van der Waals surface area contributed by atoms with E-state index in [0.717, 1.165) is 0 Å². The Morgan fingerprint density at radius 1 is 0.809 bits per heavy atom. The molecule has 4 aromatic carbocycles. The molecule has 0 radical (unpaired) electrons. The topological polar surface area (TPSA) is 125 Å². The van der Waals surface area contributed by atoms with Gasteiger partial charge >= 0.3 is 0 Å². The van der Waals surface area contributed by atoms with Gasteiger partial charge in [0.15, 0.2) is 0 Å². The van der Waals surface area contributed by atoms with Crippen LogP contribution in [-0.2, 0) is 37.9 Å². The van der Waals surface area contributed by atoms with Gasteiger partial charge in [-0.25, -0.2) is 26.7 Å². The van der Waals surface area contributed by atoms with Crippen LogP contribution in [0.5, 0.6) is 0 Å². The number of halogens is 2. The van der Waals surface area contributed by atoms with Crippen molar-refractivity contribution >= 4 is 43.3 Å². The minimum Gasteiger partial charge on any atom is -0.379 e. The van der Waals surface area contributed by atoms with Gasteiger partial charge in [0.25, 0.3) is 5.91 Å². The Morgan fingerprint density at radius 3 is 1.89 bits per heavy atom.